The van der Waals surface area contributed by atoms with Gasteiger partial charge in [0.2, 0.25) is 0 Å². The van der Waals surface area contributed by atoms with E-state index >= 15 is 0 Å². The molecule has 24 heavy (non-hydrogen) atoms. The van der Waals surface area contributed by atoms with Gasteiger partial charge in [-0.3, -0.25) is 0 Å². The summed E-state index contributed by atoms with van der Waals surface area (Å²) in [4.78, 5) is 9.79. The third-order valence-electron chi connectivity index (χ3n) is 4.27. The Hall–Kier alpha value is -1.39. The third-order valence-corrected chi connectivity index (χ3v) is 5.37. The Kier molecular flexibility index (Phi) is 5.26. The minimum absolute atomic E-state index is 0.156. The summed E-state index contributed by atoms with van der Waals surface area (Å²) in [6, 6.07) is 8.44. The number of hydrogen-bond donors (Lipinski definition) is 0. The molecule has 4 heteroatoms. The van der Waals surface area contributed by atoms with Gasteiger partial charge in [-0.1, -0.05) is 37.1 Å². The van der Waals surface area contributed by atoms with Gasteiger partial charge in [0, 0.05) is 17.5 Å². The fourth-order valence-electron chi connectivity index (χ4n) is 2.87. The molecule has 0 atom stereocenters. The van der Waals surface area contributed by atoms with Gasteiger partial charge in [-0.05, 0) is 39.0 Å². The fourth-order valence-corrected chi connectivity index (χ4v) is 3.99. The van der Waals surface area contributed by atoms with Crippen molar-refractivity contribution >= 4 is 11.8 Å². The summed E-state index contributed by atoms with van der Waals surface area (Å²) in [5.41, 5.74) is 4.51. The maximum absolute atomic E-state index is 6.01. The van der Waals surface area contributed by atoms with Crippen molar-refractivity contribution in [2.24, 2.45) is 0 Å². The Balaban J connectivity index is 2.02. The van der Waals surface area contributed by atoms with Gasteiger partial charge in [0.15, 0.2) is 5.82 Å². The van der Waals surface area contributed by atoms with Crippen LogP contribution in [0.25, 0.3) is 11.4 Å². The van der Waals surface area contributed by atoms with E-state index in [-0.39, 0.29) is 5.60 Å². The summed E-state index contributed by atoms with van der Waals surface area (Å²) in [6.07, 6.45) is 3.25. The number of aryl methyl sites for hydroxylation is 1. The van der Waals surface area contributed by atoms with Gasteiger partial charge >= 0.3 is 0 Å². The van der Waals surface area contributed by atoms with E-state index in [1.165, 1.54) is 24.0 Å². The Labute approximate surface area is 149 Å². The first-order valence-corrected chi connectivity index (χ1v) is 9.70. The zero-order chi connectivity index (χ0) is 17.2. The van der Waals surface area contributed by atoms with Crippen LogP contribution in [0.2, 0.25) is 0 Å². The second-order valence-electron chi connectivity index (χ2n) is 7.07. The van der Waals surface area contributed by atoms with Crippen molar-refractivity contribution in [1.82, 2.24) is 9.97 Å². The minimum Gasteiger partial charge on any atom is -0.370 e. The largest absolute Gasteiger partial charge is 0.370 e. The van der Waals surface area contributed by atoms with Crippen molar-refractivity contribution in [3.63, 3.8) is 0 Å². The molecule has 0 N–H and O–H groups in total. The number of benzene rings is 1. The molecule has 0 radical (unpaired) electrons. The molecule has 2 aromatic rings. The predicted octanol–water partition coefficient (Wildman–Crippen LogP) is 5.20. The van der Waals surface area contributed by atoms with Crippen molar-refractivity contribution < 1.29 is 4.74 Å². The lowest BCUT2D eigenvalue weighted by Crippen LogP contribution is -2.33. The van der Waals surface area contributed by atoms with Gasteiger partial charge in [0.1, 0.15) is 5.03 Å². The molecule has 0 unspecified atom stereocenters. The Morgan fingerprint density at radius 2 is 2.08 bits per heavy atom. The molecule has 0 spiro atoms. The fraction of sp³-hybridized carbons (Fsp3) is 0.500. The van der Waals surface area contributed by atoms with E-state index in [0.717, 1.165) is 34.3 Å². The van der Waals surface area contributed by atoms with Crippen molar-refractivity contribution in [3.05, 3.63) is 41.1 Å². The van der Waals surface area contributed by atoms with Crippen LogP contribution in [0.5, 0.6) is 0 Å². The lowest BCUT2D eigenvalue weighted by atomic mass is 9.96. The zero-order valence-corrected chi connectivity index (χ0v) is 15.9. The van der Waals surface area contributed by atoms with Crippen molar-refractivity contribution in [2.45, 2.75) is 64.2 Å². The highest BCUT2D eigenvalue weighted by molar-refractivity contribution is 7.99. The summed E-state index contributed by atoms with van der Waals surface area (Å²) >= 11 is 1.84. The highest BCUT2D eigenvalue weighted by Crippen LogP contribution is 2.34. The number of nitrogens with zero attached hydrogens (tertiary/aromatic N) is 2. The molecule has 128 valence electrons. The molecule has 1 aromatic carbocycles. The van der Waals surface area contributed by atoms with Gasteiger partial charge in [0.05, 0.1) is 17.9 Å². The summed E-state index contributed by atoms with van der Waals surface area (Å²) in [5, 5.41) is 1.10. The molecule has 0 saturated heterocycles. The predicted molar refractivity (Wildman–Crippen MR) is 100 cm³/mol. The molecule has 1 aromatic heterocycles. The molecule has 0 aliphatic carbocycles. The first kappa shape index (κ1) is 17.4. The number of ether oxygens (including phenoxy) is 1. The maximum atomic E-state index is 6.01. The number of thioether (sulfide) groups is 1. The van der Waals surface area contributed by atoms with Crippen LogP contribution in [0.15, 0.2) is 29.3 Å². The van der Waals surface area contributed by atoms with Crippen molar-refractivity contribution in [2.75, 3.05) is 5.75 Å². The smallest absolute Gasteiger partial charge is 0.160 e. The number of rotatable bonds is 5. The number of unbranched alkanes of at least 4 members (excludes halogenated alkanes) is 1. The molecule has 0 fully saturated rings. The van der Waals surface area contributed by atoms with Gasteiger partial charge in [0.25, 0.3) is 0 Å². The normalized spacial score (nSPS) is 16.0. The van der Waals surface area contributed by atoms with Gasteiger partial charge in [-0.25, -0.2) is 9.97 Å². The van der Waals surface area contributed by atoms with Crippen molar-refractivity contribution in [3.8, 4) is 11.4 Å². The van der Waals surface area contributed by atoms with Crippen LogP contribution in [-0.2, 0) is 17.8 Å². The second-order valence-corrected chi connectivity index (χ2v) is 8.16. The van der Waals surface area contributed by atoms with Crippen LogP contribution in [0, 0.1) is 6.92 Å². The molecular weight excluding hydrogens is 316 g/mol. The molecule has 0 amide bonds. The first-order chi connectivity index (χ1) is 11.5. The molecule has 0 saturated carbocycles. The monoisotopic (exact) mass is 342 g/mol. The zero-order valence-electron chi connectivity index (χ0n) is 15.1. The number of aromatic nitrogens is 2. The van der Waals surface area contributed by atoms with Crippen molar-refractivity contribution in [1.29, 1.82) is 0 Å². The average Bonchev–Trinajstić information content (AvgIpc) is 2.53. The minimum atomic E-state index is -0.156. The van der Waals surface area contributed by atoms with E-state index in [9.17, 15) is 0 Å². The summed E-state index contributed by atoms with van der Waals surface area (Å²) in [6.45, 7) is 9.21. The number of hydrogen-bond acceptors (Lipinski definition) is 4. The Morgan fingerprint density at radius 3 is 2.83 bits per heavy atom. The Morgan fingerprint density at radius 1 is 1.25 bits per heavy atom. The topological polar surface area (TPSA) is 35.0 Å². The molecular formula is C20H26N2OS. The molecule has 0 bridgehead atoms. The standard InChI is InChI=1S/C20H26N2OS/c1-5-6-10-24-19-16-13-23-20(3,4)12-17(16)21-18(22-19)15-9-7-8-14(2)11-15/h7-9,11H,5-6,10,12-13H2,1-4H3. The lowest BCUT2D eigenvalue weighted by Gasteiger charge is -2.32. The highest BCUT2D eigenvalue weighted by atomic mass is 32.2. The summed E-state index contributed by atoms with van der Waals surface area (Å²) < 4.78 is 6.01. The SMILES string of the molecule is CCCCSc1nc(-c2cccc(C)c2)nc2c1COC(C)(C)C2. The average molecular weight is 343 g/mol. The van der Waals surface area contributed by atoms with Gasteiger partial charge in [-0.15, -0.1) is 11.8 Å². The lowest BCUT2D eigenvalue weighted by molar-refractivity contribution is -0.0428. The maximum Gasteiger partial charge on any atom is 0.160 e. The van der Waals surface area contributed by atoms with E-state index in [1.54, 1.807) is 0 Å². The second kappa shape index (κ2) is 7.24. The van der Waals surface area contributed by atoms with Gasteiger partial charge in [-0.2, -0.15) is 0 Å². The Bertz CT molecular complexity index is 728. The third kappa shape index (κ3) is 3.98. The summed E-state index contributed by atoms with van der Waals surface area (Å²) in [7, 11) is 0. The van der Waals surface area contributed by atoms with Crippen LogP contribution < -0.4 is 0 Å². The molecule has 3 nitrogen and oxygen atoms in total. The number of fused-ring (bicyclic) bond motifs is 1. The van der Waals surface area contributed by atoms with E-state index in [4.69, 9.17) is 14.7 Å². The van der Waals surface area contributed by atoms with Gasteiger partial charge < -0.3 is 4.74 Å². The van der Waals surface area contributed by atoms with Crippen LogP contribution >= 0.6 is 11.8 Å². The molecule has 1 aliphatic heterocycles. The molecule has 3 rings (SSSR count). The van der Waals surface area contributed by atoms with Crippen LogP contribution in [0.4, 0.5) is 0 Å². The van der Waals surface area contributed by atoms with E-state index < -0.39 is 0 Å². The quantitative estimate of drug-likeness (QED) is 0.425. The first-order valence-electron chi connectivity index (χ1n) is 8.72. The highest BCUT2D eigenvalue weighted by Gasteiger charge is 2.30. The van der Waals surface area contributed by atoms with E-state index in [1.807, 2.05) is 11.8 Å². The van der Waals surface area contributed by atoms with Crippen LogP contribution in [0.3, 0.4) is 0 Å². The van der Waals surface area contributed by atoms with Crippen LogP contribution in [-0.4, -0.2) is 21.3 Å². The summed E-state index contributed by atoms with van der Waals surface area (Å²) in [5.74, 6) is 1.94. The molecule has 2 heterocycles. The molecule has 1 aliphatic rings. The van der Waals surface area contributed by atoms with E-state index in [2.05, 4.69) is 52.0 Å². The van der Waals surface area contributed by atoms with E-state index in [0.29, 0.717) is 6.61 Å². The van der Waals surface area contributed by atoms with Crippen LogP contribution in [0.1, 0.15) is 50.4 Å².